The fourth-order valence-electron chi connectivity index (χ4n) is 3.16. The van der Waals surface area contributed by atoms with Crippen molar-refractivity contribution in [2.75, 3.05) is 18.0 Å². The van der Waals surface area contributed by atoms with E-state index in [1.54, 1.807) is 0 Å². The number of hydrogen-bond donors (Lipinski definition) is 3. The number of nitrogens with two attached hydrogens (primary N) is 1. The lowest BCUT2D eigenvalue weighted by molar-refractivity contribution is -0.130. The summed E-state index contributed by atoms with van der Waals surface area (Å²) in [5, 5.41) is 2.65. The maximum absolute atomic E-state index is 13.1. The second-order valence-electron chi connectivity index (χ2n) is 6.45. The van der Waals surface area contributed by atoms with Crippen LogP contribution >= 0.6 is 0 Å². The molecular weight excluding hydrogens is 353 g/mol. The molecule has 9 heteroatoms. The Labute approximate surface area is 154 Å². The Morgan fingerprint density at radius 1 is 1.33 bits per heavy atom. The van der Waals surface area contributed by atoms with Crippen LogP contribution in [0.15, 0.2) is 41.5 Å². The maximum Gasteiger partial charge on any atom is 0.252 e. The van der Waals surface area contributed by atoms with Gasteiger partial charge in [0.05, 0.1) is 12.2 Å². The molecule has 1 saturated heterocycles. The van der Waals surface area contributed by atoms with Gasteiger partial charge in [0, 0.05) is 19.2 Å². The highest BCUT2D eigenvalue weighted by Gasteiger charge is 2.29. The highest BCUT2D eigenvalue weighted by atomic mass is 19.1. The molecule has 0 spiro atoms. The summed E-state index contributed by atoms with van der Waals surface area (Å²) in [5.41, 5.74) is 5.56. The van der Waals surface area contributed by atoms with Crippen LogP contribution < -0.4 is 21.5 Å². The third-order valence-electron chi connectivity index (χ3n) is 4.55. The van der Waals surface area contributed by atoms with Crippen LogP contribution in [0, 0.1) is 11.7 Å². The first kappa shape index (κ1) is 18.6. The van der Waals surface area contributed by atoms with Gasteiger partial charge in [-0.05, 0) is 30.5 Å². The molecule has 3 rings (SSSR count). The SMILES string of the molecule is NC(=O)C(NC(=O)C1CCCN(c2cc(=O)[nH]cn2)C1)c1ccc(F)cc1. The summed E-state index contributed by atoms with van der Waals surface area (Å²) >= 11 is 0. The fraction of sp³-hybridized carbons (Fsp3) is 0.333. The van der Waals surface area contributed by atoms with E-state index < -0.39 is 17.8 Å². The standard InChI is InChI=1S/C18H20FN5O3/c19-13-5-3-11(4-6-13)16(17(20)26)23-18(27)12-2-1-7-24(9-12)14-8-15(25)22-10-21-14/h3-6,8,10,12,16H,1-2,7,9H2,(H2,20,26)(H,23,27)(H,21,22,25). The van der Waals surface area contributed by atoms with E-state index in [9.17, 15) is 18.8 Å². The number of aromatic amines is 1. The van der Waals surface area contributed by atoms with E-state index in [4.69, 9.17) is 5.73 Å². The minimum atomic E-state index is -1.04. The van der Waals surface area contributed by atoms with Crippen LogP contribution in [-0.4, -0.2) is 34.9 Å². The smallest absolute Gasteiger partial charge is 0.252 e. The monoisotopic (exact) mass is 373 g/mol. The molecule has 1 fully saturated rings. The number of nitrogens with one attached hydrogen (secondary N) is 2. The summed E-state index contributed by atoms with van der Waals surface area (Å²) in [6.07, 6.45) is 2.70. The molecule has 2 unspecified atom stereocenters. The summed E-state index contributed by atoms with van der Waals surface area (Å²) in [5.74, 6) is -1.37. The predicted molar refractivity (Wildman–Crippen MR) is 96.3 cm³/mol. The molecule has 4 N–H and O–H groups in total. The van der Waals surface area contributed by atoms with Gasteiger partial charge in [0.2, 0.25) is 11.8 Å². The van der Waals surface area contributed by atoms with Crippen LogP contribution in [0.2, 0.25) is 0 Å². The Bertz CT molecular complexity index is 883. The summed E-state index contributed by atoms with van der Waals surface area (Å²) in [4.78, 5) is 44.4. The van der Waals surface area contributed by atoms with Gasteiger partial charge in [0.25, 0.3) is 5.56 Å². The molecule has 2 heterocycles. The van der Waals surface area contributed by atoms with Crippen LogP contribution in [0.1, 0.15) is 24.4 Å². The summed E-state index contributed by atoms with van der Waals surface area (Å²) in [7, 11) is 0. The van der Waals surface area contributed by atoms with Gasteiger partial charge < -0.3 is 20.9 Å². The first-order valence-electron chi connectivity index (χ1n) is 8.59. The van der Waals surface area contributed by atoms with Crippen LogP contribution in [0.5, 0.6) is 0 Å². The molecule has 2 amide bonds. The van der Waals surface area contributed by atoms with Crippen LogP contribution in [0.25, 0.3) is 0 Å². The number of aromatic nitrogens is 2. The molecule has 1 aliphatic heterocycles. The predicted octanol–water partition coefficient (Wildman–Crippen LogP) is 0.468. The van der Waals surface area contributed by atoms with E-state index >= 15 is 0 Å². The number of carbonyl (C=O) groups is 2. The van der Waals surface area contributed by atoms with Crippen molar-refractivity contribution in [1.29, 1.82) is 0 Å². The van der Waals surface area contributed by atoms with Gasteiger partial charge in [-0.25, -0.2) is 9.37 Å². The summed E-state index contributed by atoms with van der Waals surface area (Å²) < 4.78 is 13.1. The van der Waals surface area contributed by atoms with Crippen molar-refractivity contribution in [3.8, 4) is 0 Å². The molecule has 1 aliphatic rings. The van der Waals surface area contributed by atoms with Gasteiger partial charge in [-0.3, -0.25) is 14.4 Å². The Morgan fingerprint density at radius 3 is 2.74 bits per heavy atom. The number of halogens is 1. The number of hydrogen-bond acceptors (Lipinski definition) is 5. The van der Waals surface area contributed by atoms with Crippen molar-refractivity contribution in [2.45, 2.75) is 18.9 Å². The zero-order valence-electron chi connectivity index (χ0n) is 14.5. The number of amides is 2. The van der Waals surface area contributed by atoms with Crippen LogP contribution in [-0.2, 0) is 9.59 Å². The second-order valence-corrected chi connectivity index (χ2v) is 6.45. The van der Waals surface area contributed by atoms with E-state index in [0.29, 0.717) is 30.9 Å². The highest BCUT2D eigenvalue weighted by molar-refractivity contribution is 5.88. The summed E-state index contributed by atoms with van der Waals surface area (Å²) in [6, 6.07) is 5.59. The van der Waals surface area contributed by atoms with E-state index in [2.05, 4.69) is 15.3 Å². The van der Waals surface area contributed by atoms with E-state index in [1.165, 1.54) is 36.7 Å². The van der Waals surface area contributed by atoms with E-state index in [0.717, 1.165) is 6.42 Å². The number of anilines is 1. The average Bonchev–Trinajstić information content (AvgIpc) is 2.66. The van der Waals surface area contributed by atoms with E-state index in [1.807, 2.05) is 4.90 Å². The Hall–Kier alpha value is -3.23. The summed E-state index contributed by atoms with van der Waals surface area (Å²) in [6.45, 7) is 1.05. The third-order valence-corrected chi connectivity index (χ3v) is 4.55. The zero-order valence-corrected chi connectivity index (χ0v) is 14.5. The Kier molecular flexibility index (Phi) is 5.49. The topological polar surface area (TPSA) is 121 Å². The molecule has 8 nitrogen and oxygen atoms in total. The maximum atomic E-state index is 13.1. The van der Waals surface area contributed by atoms with Gasteiger partial charge in [-0.1, -0.05) is 12.1 Å². The van der Waals surface area contributed by atoms with Gasteiger partial charge in [-0.2, -0.15) is 0 Å². The molecule has 0 aliphatic carbocycles. The number of piperidine rings is 1. The molecule has 0 bridgehead atoms. The van der Waals surface area contributed by atoms with Crippen molar-refractivity contribution in [3.05, 3.63) is 58.4 Å². The lowest BCUT2D eigenvalue weighted by atomic mass is 9.96. The minimum absolute atomic E-state index is 0.267. The first-order chi connectivity index (χ1) is 12.9. The Morgan fingerprint density at radius 2 is 2.07 bits per heavy atom. The van der Waals surface area contributed by atoms with Gasteiger partial charge >= 0.3 is 0 Å². The molecule has 2 atom stereocenters. The van der Waals surface area contributed by atoms with E-state index in [-0.39, 0.29) is 17.4 Å². The van der Waals surface area contributed by atoms with Gasteiger partial charge in [0.1, 0.15) is 17.7 Å². The molecule has 0 saturated carbocycles. The molecule has 1 aromatic carbocycles. The molecule has 1 aromatic heterocycles. The zero-order chi connectivity index (χ0) is 19.4. The molecule has 27 heavy (non-hydrogen) atoms. The van der Waals surface area contributed by atoms with Crippen molar-refractivity contribution >= 4 is 17.6 Å². The highest BCUT2D eigenvalue weighted by Crippen LogP contribution is 2.22. The quantitative estimate of drug-likeness (QED) is 0.703. The lowest BCUT2D eigenvalue weighted by Crippen LogP contribution is -2.46. The number of carbonyl (C=O) groups excluding carboxylic acids is 2. The normalized spacial score (nSPS) is 18.0. The van der Waals surface area contributed by atoms with Crippen molar-refractivity contribution in [1.82, 2.24) is 15.3 Å². The largest absolute Gasteiger partial charge is 0.368 e. The molecule has 142 valence electrons. The molecule has 0 radical (unpaired) electrons. The van der Waals surface area contributed by atoms with Crippen LogP contribution in [0.4, 0.5) is 10.2 Å². The van der Waals surface area contributed by atoms with Crippen molar-refractivity contribution in [2.24, 2.45) is 11.7 Å². The number of benzene rings is 1. The van der Waals surface area contributed by atoms with Gasteiger partial charge in [0.15, 0.2) is 0 Å². The number of H-pyrrole nitrogens is 1. The fourth-order valence-corrected chi connectivity index (χ4v) is 3.16. The molecule has 2 aromatic rings. The Balaban J connectivity index is 1.71. The number of rotatable bonds is 5. The first-order valence-corrected chi connectivity index (χ1v) is 8.59. The number of nitrogens with zero attached hydrogens (tertiary/aromatic N) is 2. The molecular formula is C18H20FN5O3. The lowest BCUT2D eigenvalue weighted by Gasteiger charge is -2.33. The minimum Gasteiger partial charge on any atom is -0.368 e. The van der Waals surface area contributed by atoms with Crippen molar-refractivity contribution in [3.63, 3.8) is 0 Å². The average molecular weight is 373 g/mol. The van der Waals surface area contributed by atoms with Gasteiger partial charge in [-0.15, -0.1) is 0 Å². The second kappa shape index (κ2) is 7.98. The third kappa shape index (κ3) is 4.49. The van der Waals surface area contributed by atoms with Crippen LogP contribution in [0.3, 0.4) is 0 Å². The van der Waals surface area contributed by atoms with Crippen molar-refractivity contribution < 1.29 is 14.0 Å². The number of primary amides is 1.